The molecule has 2 heterocycles. The van der Waals surface area contributed by atoms with Crippen LogP contribution in [0.3, 0.4) is 0 Å². The van der Waals surface area contributed by atoms with Gasteiger partial charge in [-0.25, -0.2) is 13.8 Å². The Morgan fingerprint density at radius 2 is 2.21 bits per heavy atom. The Labute approximate surface area is 168 Å². The number of carbonyl (C=O) groups is 1. The number of fused-ring (bicyclic) bond motifs is 2. The Balaban J connectivity index is 1.61. The lowest BCUT2D eigenvalue weighted by molar-refractivity contribution is -0.117. The minimum absolute atomic E-state index is 0.270. The molecule has 4 aromatic rings. The van der Waals surface area contributed by atoms with Crippen LogP contribution in [0, 0.1) is 18.7 Å². The molecule has 2 atom stereocenters. The molecule has 0 radical (unpaired) electrons. The highest BCUT2D eigenvalue weighted by molar-refractivity contribution is 7.22. The van der Waals surface area contributed by atoms with E-state index in [4.69, 9.17) is 0 Å². The minimum Gasteiger partial charge on any atom is -0.302 e. The first-order valence-corrected chi connectivity index (χ1v) is 9.93. The average Bonchev–Trinajstić information content (AvgIpc) is 3.10. The van der Waals surface area contributed by atoms with Crippen molar-refractivity contribution in [2.75, 3.05) is 5.32 Å². The number of aromatic nitrogens is 3. The highest BCUT2D eigenvalue weighted by atomic mass is 32.1. The maximum atomic E-state index is 14.5. The summed E-state index contributed by atoms with van der Waals surface area (Å²) in [4.78, 5) is 16.4. The number of amides is 1. The molecule has 0 unspecified atom stereocenters. The summed E-state index contributed by atoms with van der Waals surface area (Å²) in [6.45, 7) is 5.53. The number of hydrogen-bond donors (Lipinski definition) is 2. The molecule has 5 nitrogen and oxygen atoms in total. The molecule has 1 saturated carbocycles. The van der Waals surface area contributed by atoms with Crippen molar-refractivity contribution in [2.45, 2.75) is 19.5 Å². The maximum absolute atomic E-state index is 14.5. The zero-order valence-corrected chi connectivity index (χ0v) is 16.2. The number of nitrogens with zero attached hydrogens (tertiary/aromatic N) is 2. The molecule has 0 bridgehead atoms. The highest BCUT2D eigenvalue weighted by Crippen LogP contribution is 2.39. The summed E-state index contributed by atoms with van der Waals surface area (Å²) in [5.41, 5.74) is 4.03. The summed E-state index contributed by atoms with van der Waals surface area (Å²) in [7, 11) is 0. The van der Waals surface area contributed by atoms with Gasteiger partial charge in [-0.1, -0.05) is 24.0 Å². The third-order valence-corrected chi connectivity index (χ3v) is 6.16. The van der Waals surface area contributed by atoms with Gasteiger partial charge >= 0.3 is 0 Å². The van der Waals surface area contributed by atoms with Crippen molar-refractivity contribution in [1.82, 2.24) is 15.2 Å². The highest BCUT2D eigenvalue weighted by Gasteiger charge is 2.43. The summed E-state index contributed by atoms with van der Waals surface area (Å²) < 4.78 is 28.4. The number of alkyl halides is 1. The van der Waals surface area contributed by atoms with Gasteiger partial charge in [-0.15, -0.1) is 0 Å². The standard InChI is InChI=1S/C21H16F2N4OS/c1-3-14-19-16(27-26-14)8-12(22)9(2)18(19)10-4-5-15-17(6-10)29-21(24-15)25-20(28)11-7-13(11)23/h3-6,8,11,13H,1,7H2,2H3,(H,26,27)(H,24,25,28)/t11-,13+/m1/s1. The number of aromatic amines is 1. The number of anilines is 1. The molecule has 0 aliphatic heterocycles. The van der Waals surface area contributed by atoms with Gasteiger partial charge < -0.3 is 5.32 Å². The van der Waals surface area contributed by atoms with Crippen LogP contribution < -0.4 is 5.32 Å². The molecule has 1 amide bonds. The van der Waals surface area contributed by atoms with Gasteiger partial charge in [0.05, 0.1) is 27.3 Å². The third kappa shape index (κ3) is 2.91. The summed E-state index contributed by atoms with van der Waals surface area (Å²) in [5.74, 6) is -1.23. The molecule has 0 spiro atoms. The number of rotatable bonds is 4. The van der Waals surface area contributed by atoms with E-state index in [0.29, 0.717) is 27.4 Å². The van der Waals surface area contributed by atoms with Crippen LogP contribution in [0.15, 0.2) is 30.8 Å². The fraction of sp³-hybridized carbons (Fsp3) is 0.190. The summed E-state index contributed by atoms with van der Waals surface area (Å²) in [6.07, 6.45) is 0.851. The van der Waals surface area contributed by atoms with Gasteiger partial charge in [0.1, 0.15) is 12.0 Å². The molecule has 146 valence electrons. The van der Waals surface area contributed by atoms with E-state index in [1.54, 1.807) is 13.0 Å². The van der Waals surface area contributed by atoms with Crippen molar-refractivity contribution < 1.29 is 13.6 Å². The molecule has 1 aliphatic carbocycles. The van der Waals surface area contributed by atoms with Gasteiger partial charge in [0.15, 0.2) is 5.13 Å². The molecule has 5 rings (SSSR count). The van der Waals surface area contributed by atoms with Gasteiger partial charge in [-0.05, 0) is 54.3 Å². The molecule has 2 aromatic carbocycles. The molecular weight excluding hydrogens is 394 g/mol. The monoisotopic (exact) mass is 410 g/mol. The molecular formula is C21H16F2N4OS. The zero-order valence-electron chi connectivity index (χ0n) is 15.4. The van der Waals surface area contributed by atoms with Crippen LogP contribution in [0.1, 0.15) is 17.7 Å². The van der Waals surface area contributed by atoms with Gasteiger partial charge in [-0.3, -0.25) is 9.89 Å². The number of nitrogens with one attached hydrogen (secondary N) is 2. The molecule has 29 heavy (non-hydrogen) atoms. The lowest BCUT2D eigenvalue weighted by Gasteiger charge is -2.10. The first-order valence-electron chi connectivity index (χ1n) is 9.11. The van der Waals surface area contributed by atoms with E-state index >= 15 is 0 Å². The van der Waals surface area contributed by atoms with Crippen LogP contribution in [-0.2, 0) is 4.79 Å². The van der Waals surface area contributed by atoms with Crippen LogP contribution in [0.5, 0.6) is 0 Å². The van der Waals surface area contributed by atoms with Crippen LogP contribution in [-0.4, -0.2) is 27.3 Å². The summed E-state index contributed by atoms with van der Waals surface area (Å²) in [6, 6.07) is 7.05. The van der Waals surface area contributed by atoms with E-state index in [1.807, 2.05) is 18.2 Å². The normalized spacial score (nSPS) is 18.3. The van der Waals surface area contributed by atoms with E-state index in [-0.39, 0.29) is 18.1 Å². The SMILES string of the molecule is C=Cc1n[nH]c2cc(F)c(C)c(-c3ccc4nc(NC(=O)[C@@H]5C[C@@H]5F)sc4c3)c12. The first kappa shape index (κ1) is 17.9. The van der Waals surface area contributed by atoms with E-state index in [9.17, 15) is 13.6 Å². The molecule has 8 heteroatoms. The Morgan fingerprint density at radius 3 is 2.93 bits per heavy atom. The largest absolute Gasteiger partial charge is 0.302 e. The van der Waals surface area contributed by atoms with Crippen LogP contribution >= 0.6 is 11.3 Å². The number of carbonyl (C=O) groups excluding carboxylic acids is 1. The predicted octanol–water partition coefficient (Wildman–Crippen LogP) is 5.23. The van der Waals surface area contributed by atoms with E-state index in [1.165, 1.54) is 17.4 Å². The van der Waals surface area contributed by atoms with Crippen molar-refractivity contribution in [3.8, 4) is 11.1 Å². The Kier molecular flexibility index (Phi) is 3.99. The number of benzene rings is 2. The molecule has 1 aliphatic rings. The first-order chi connectivity index (χ1) is 14.0. The second kappa shape index (κ2) is 6.45. The quantitative estimate of drug-likeness (QED) is 0.484. The average molecular weight is 410 g/mol. The third-order valence-electron chi connectivity index (χ3n) is 5.23. The predicted molar refractivity (Wildman–Crippen MR) is 111 cm³/mol. The fourth-order valence-electron chi connectivity index (χ4n) is 3.55. The Morgan fingerprint density at radius 1 is 1.41 bits per heavy atom. The lowest BCUT2D eigenvalue weighted by atomic mass is 9.95. The maximum Gasteiger partial charge on any atom is 0.232 e. The second-order valence-corrected chi connectivity index (χ2v) is 8.17. The van der Waals surface area contributed by atoms with Crippen LogP contribution in [0.25, 0.3) is 38.3 Å². The fourth-order valence-corrected chi connectivity index (χ4v) is 4.46. The molecule has 2 N–H and O–H groups in total. The van der Waals surface area contributed by atoms with Crippen molar-refractivity contribution in [3.63, 3.8) is 0 Å². The van der Waals surface area contributed by atoms with Crippen LogP contribution in [0.2, 0.25) is 0 Å². The number of hydrogen-bond acceptors (Lipinski definition) is 4. The molecule has 0 saturated heterocycles. The molecule has 2 aromatic heterocycles. The topological polar surface area (TPSA) is 70.7 Å². The number of thiazole rings is 1. The number of halogens is 2. The Bertz CT molecular complexity index is 1310. The van der Waals surface area contributed by atoms with Gasteiger partial charge in [0.25, 0.3) is 0 Å². The van der Waals surface area contributed by atoms with Crippen molar-refractivity contribution >= 4 is 49.6 Å². The van der Waals surface area contributed by atoms with Crippen molar-refractivity contribution in [2.24, 2.45) is 5.92 Å². The summed E-state index contributed by atoms with van der Waals surface area (Å²) >= 11 is 1.31. The zero-order chi connectivity index (χ0) is 20.3. The lowest BCUT2D eigenvalue weighted by Crippen LogP contribution is -2.14. The van der Waals surface area contributed by atoms with Gasteiger partial charge in [0, 0.05) is 5.39 Å². The summed E-state index contributed by atoms with van der Waals surface area (Å²) in [5, 5.41) is 11.0. The second-order valence-electron chi connectivity index (χ2n) is 7.14. The van der Waals surface area contributed by atoms with E-state index in [0.717, 1.165) is 21.2 Å². The number of H-pyrrole nitrogens is 1. The van der Waals surface area contributed by atoms with Gasteiger partial charge in [0.2, 0.25) is 5.91 Å². The van der Waals surface area contributed by atoms with Crippen LogP contribution in [0.4, 0.5) is 13.9 Å². The van der Waals surface area contributed by atoms with Gasteiger partial charge in [-0.2, -0.15) is 5.10 Å². The van der Waals surface area contributed by atoms with E-state index in [2.05, 4.69) is 27.1 Å². The van der Waals surface area contributed by atoms with Crippen molar-refractivity contribution in [1.29, 1.82) is 0 Å². The molecule has 1 fully saturated rings. The Hall–Kier alpha value is -3.13. The minimum atomic E-state index is -1.05. The smallest absolute Gasteiger partial charge is 0.232 e. The van der Waals surface area contributed by atoms with Crippen molar-refractivity contribution in [3.05, 3.63) is 47.9 Å². The van der Waals surface area contributed by atoms with E-state index < -0.39 is 12.1 Å².